The highest BCUT2D eigenvalue weighted by molar-refractivity contribution is 4.97. The van der Waals surface area contributed by atoms with Gasteiger partial charge in [-0.2, -0.15) is 0 Å². The number of hydrogen-bond acceptors (Lipinski definition) is 4. The number of hydrogen-bond donors (Lipinski definition) is 1. The molecule has 0 aromatic rings. The summed E-state index contributed by atoms with van der Waals surface area (Å²) in [6.45, 7) is 7.46. The van der Waals surface area contributed by atoms with E-state index in [0.717, 1.165) is 38.6 Å². The van der Waals surface area contributed by atoms with Crippen LogP contribution in [0.1, 0.15) is 25.7 Å². The smallest absolute Gasteiger partial charge is 0.0484 e. The van der Waals surface area contributed by atoms with Crippen molar-refractivity contribution in [3.05, 3.63) is 0 Å². The molecule has 1 aliphatic carbocycles. The maximum absolute atomic E-state index is 6.07. The first-order valence-electron chi connectivity index (χ1n) is 7.11. The molecule has 2 saturated heterocycles. The molecule has 0 spiro atoms. The van der Waals surface area contributed by atoms with Crippen molar-refractivity contribution in [2.45, 2.75) is 37.3 Å². The van der Waals surface area contributed by atoms with Crippen molar-refractivity contribution in [3.8, 4) is 0 Å². The number of nitrogens with zero attached hydrogens (tertiary/aromatic N) is 2. The number of rotatable bonds is 3. The lowest BCUT2D eigenvalue weighted by Crippen LogP contribution is -2.62. The largest absolute Gasteiger partial charge is 0.381 e. The molecule has 0 radical (unpaired) electrons. The molecule has 1 saturated carbocycles. The van der Waals surface area contributed by atoms with Crippen LogP contribution < -0.4 is 5.73 Å². The molecule has 2 heterocycles. The Morgan fingerprint density at radius 2 is 1.71 bits per heavy atom. The molecular weight excluding hydrogens is 214 g/mol. The summed E-state index contributed by atoms with van der Waals surface area (Å²) >= 11 is 0. The monoisotopic (exact) mass is 239 g/mol. The minimum Gasteiger partial charge on any atom is -0.381 e. The Balaban J connectivity index is 1.59. The fourth-order valence-corrected chi connectivity index (χ4v) is 3.40. The van der Waals surface area contributed by atoms with Gasteiger partial charge in [0.2, 0.25) is 0 Å². The Hall–Kier alpha value is -0.160. The first-order valence-corrected chi connectivity index (χ1v) is 7.11. The third-order valence-electron chi connectivity index (χ3n) is 4.85. The van der Waals surface area contributed by atoms with Crippen molar-refractivity contribution >= 4 is 0 Å². The van der Waals surface area contributed by atoms with Crippen molar-refractivity contribution in [1.82, 2.24) is 9.80 Å². The molecule has 0 atom stereocenters. The fraction of sp³-hybridized carbons (Fsp3) is 1.00. The van der Waals surface area contributed by atoms with Gasteiger partial charge in [-0.15, -0.1) is 0 Å². The van der Waals surface area contributed by atoms with Gasteiger partial charge in [0, 0.05) is 57.5 Å². The highest BCUT2D eigenvalue weighted by Crippen LogP contribution is 2.31. The minimum absolute atomic E-state index is 0.244. The molecular formula is C13H25N3O. The van der Waals surface area contributed by atoms with Crippen LogP contribution in [0, 0.1) is 0 Å². The van der Waals surface area contributed by atoms with E-state index in [1.165, 1.54) is 39.0 Å². The second-order valence-corrected chi connectivity index (χ2v) is 5.80. The van der Waals surface area contributed by atoms with Crippen LogP contribution in [0.3, 0.4) is 0 Å². The maximum Gasteiger partial charge on any atom is 0.0484 e. The number of piperazine rings is 1. The zero-order valence-corrected chi connectivity index (χ0v) is 10.7. The van der Waals surface area contributed by atoms with E-state index in [2.05, 4.69) is 9.80 Å². The summed E-state index contributed by atoms with van der Waals surface area (Å²) < 4.78 is 5.49. The first-order chi connectivity index (χ1) is 8.34. The SMILES string of the molecule is NCC1(N2CCN(C3CC3)CC2)CCOCC1. The van der Waals surface area contributed by atoms with Crippen molar-refractivity contribution < 1.29 is 4.74 Å². The lowest BCUT2D eigenvalue weighted by molar-refractivity contribution is -0.0434. The van der Waals surface area contributed by atoms with Crippen LogP contribution >= 0.6 is 0 Å². The van der Waals surface area contributed by atoms with E-state index in [0.29, 0.717) is 0 Å². The van der Waals surface area contributed by atoms with Crippen LogP contribution in [-0.4, -0.2) is 67.3 Å². The normalized spacial score (nSPS) is 31.6. The van der Waals surface area contributed by atoms with Gasteiger partial charge in [0.15, 0.2) is 0 Å². The number of nitrogens with two attached hydrogens (primary N) is 1. The predicted octanol–water partition coefficient (Wildman–Crippen LogP) is 0.274. The zero-order chi connectivity index (χ0) is 11.7. The molecule has 3 fully saturated rings. The average molecular weight is 239 g/mol. The quantitative estimate of drug-likeness (QED) is 0.768. The van der Waals surface area contributed by atoms with Gasteiger partial charge in [0.1, 0.15) is 0 Å². The molecule has 0 amide bonds. The summed E-state index contributed by atoms with van der Waals surface area (Å²) in [6, 6.07) is 0.917. The maximum atomic E-state index is 6.07. The molecule has 17 heavy (non-hydrogen) atoms. The Labute approximate surface area is 104 Å². The predicted molar refractivity (Wildman–Crippen MR) is 68.0 cm³/mol. The Morgan fingerprint density at radius 1 is 1.06 bits per heavy atom. The van der Waals surface area contributed by atoms with Crippen LogP contribution in [0.15, 0.2) is 0 Å². The van der Waals surface area contributed by atoms with Gasteiger partial charge in [0.05, 0.1) is 0 Å². The summed E-state index contributed by atoms with van der Waals surface area (Å²) in [5.41, 5.74) is 6.31. The first kappa shape index (κ1) is 11.9. The summed E-state index contributed by atoms with van der Waals surface area (Å²) in [7, 11) is 0. The molecule has 3 aliphatic rings. The molecule has 2 aliphatic heterocycles. The molecule has 0 bridgehead atoms. The molecule has 0 aromatic carbocycles. The highest BCUT2D eigenvalue weighted by atomic mass is 16.5. The van der Waals surface area contributed by atoms with Gasteiger partial charge in [-0.1, -0.05) is 0 Å². The average Bonchev–Trinajstić information content (AvgIpc) is 3.24. The summed E-state index contributed by atoms with van der Waals surface area (Å²) in [5, 5.41) is 0. The molecule has 4 nitrogen and oxygen atoms in total. The molecule has 3 rings (SSSR count). The summed E-state index contributed by atoms with van der Waals surface area (Å²) in [6.07, 6.45) is 5.09. The van der Waals surface area contributed by atoms with Crippen molar-refractivity contribution in [2.24, 2.45) is 5.73 Å². The second-order valence-electron chi connectivity index (χ2n) is 5.80. The van der Waals surface area contributed by atoms with Gasteiger partial charge in [-0.25, -0.2) is 0 Å². The zero-order valence-electron chi connectivity index (χ0n) is 10.7. The molecule has 4 heteroatoms. The summed E-state index contributed by atoms with van der Waals surface area (Å²) in [4.78, 5) is 5.31. The van der Waals surface area contributed by atoms with Gasteiger partial charge in [-0.05, 0) is 25.7 Å². The lowest BCUT2D eigenvalue weighted by Gasteiger charge is -2.49. The second kappa shape index (κ2) is 4.84. The van der Waals surface area contributed by atoms with E-state index in [1.54, 1.807) is 0 Å². The van der Waals surface area contributed by atoms with E-state index >= 15 is 0 Å². The lowest BCUT2D eigenvalue weighted by atomic mass is 9.87. The highest BCUT2D eigenvalue weighted by Gasteiger charge is 2.40. The molecule has 0 aromatic heterocycles. The Morgan fingerprint density at radius 3 is 2.24 bits per heavy atom. The third kappa shape index (κ3) is 2.36. The van der Waals surface area contributed by atoms with E-state index in [4.69, 9.17) is 10.5 Å². The van der Waals surface area contributed by atoms with E-state index < -0.39 is 0 Å². The van der Waals surface area contributed by atoms with E-state index in [1.807, 2.05) is 0 Å². The van der Waals surface area contributed by atoms with Gasteiger partial charge < -0.3 is 10.5 Å². The topological polar surface area (TPSA) is 41.7 Å². The van der Waals surface area contributed by atoms with Gasteiger partial charge in [0.25, 0.3) is 0 Å². The van der Waals surface area contributed by atoms with Crippen molar-refractivity contribution in [2.75, 3.05) is 45.9 Å². The standard InChI is InChI=1S/C13H25N3O/c14-11-13(3-9-17-10-4-13)16-7-5-15(6-8-16)12-1-2-12/h12H,1-11,14H2. The van der Waals surface area contributed by atoms with Crippen LogP contribution in [0.4, 0.5) is 0 Å². The Kier molecular flexibility index (Phi) is 3.39. The fourth-order valence-electron chi connectivity index (χ4n) is 3.40. The minimum atomic E-state index is 0.244. The van der Waals surface area contributed by atoms with E-state index in [9.17, 15) is 0 Å². The van der Waals surface area contributed by atoms with Crippen molar-refractivity contribution in [3.63, 3.8) is 0 Å². The van der Waals surface area contributed by atoms with Crippen LogP contribution in [0.2, 0.25) is 0 Å². The Bertz CT molecular complexity index is 253. The number of ether oxygens (including phenoxy) is 1. The third-order valence-corrected chi connectivity index (χ3v) is 4.85. The van der Waals surface area contributed by atoms with Crippen LogP contribution in [0.5, 0.6) is 0 Å². The molecule has 98 valence electrons. The molecule has 0 unspecified atom stereocenters. The van der Waals surface area contributed by atoms with Crippen LogP contribution in [0.25, 0.3) is 0 Å². The van der Waals surface area contributed by atoms with Gasteiger partial charge in [-0.3, -0.25) is 9.80 Å². The molecule has 2 N–H and O–H groups in total. The van der Waals surface area contributed by atoms with Crippen molar-refractivity contribution in [1.29, 1.82) is 0 Å². The summed E-state index contributed by atoms with van der Waals surface area (Å²) in [5.74, 6) is 0. The van der Waals surface area contributed by atoms with Crippen LogP contribution in [-0.2, 0) is 4.74 Å². The van der Waals surface area contributed by atoms with Gasteiger partial charge >= 0.3 is 0 Å². The van der Waals surface area contributed by atoms with E-state index in [-0.39, 0.29) is 5.54 Å².